The van der Waals surface area contributed by atoms with Crippen molar-refractivity contribution < 1.29 is 9.13 Å². The van der Waals surface area contributed by atoms with E-state index in [-0.39, 0.29) is 11.2 Å². The van der Waals surface area contributed by atoms with Gasteiger partial charge in [-0.25, -0.2) is 9.38 Å². The minimum Gasteiger partial charge on any atom is -0.489 e. The van der Waals surface area contributed by atoms with Gasteiger partial charge >= 0.3 is 0 Å². The first-order chi connectivity index (χ1) is 15.3. The maximum absolute atomic E-state index is 13.1. The molecule has 5 heteroatoms. The second-order valence-electron chi connectivity index (χ2n) is 9.35. The first-order valence-corrected chi connectivity index (χ1v) is 11.7. The third kappa shape index (κ3) is 5.08. The molecule has 4 rings (SSSR count). The maximum Gasteiger partial charge on any atom is 0.134 e. The van der Waals surface area contributed by atoms with E-state index in [1.807, 2.05) is 24.3 Å². The number of hydrogen-bond acceptors (Lipinski definition) is 4. The molecule has 1 aliphatic rings. The number of nitriles is 1. The van der Waals surface area contributed by atoms with Crippen LogP contribution >= 0.6 is 11.3 Å². The van der Waals surface area contributed by atoms with Crippen molar-refractivity contribution >= 4 is 22.6 Å². The van der Waals surface area contributed by atoms with Gasteiger partial charge in [-0.05, 0) is 71.6 Å². The van der Waals surface area contributed by atoms with Crippen LogP contribution in [-0.4, -0.2) is 6.21 Å². The molecule has 2 aromatic carbocycles. The predicted octanol–water partition coefficient (Wildman–Crippen LogP) is 7.24. The van der Waals surface area contributed by atoms with Gasteiger partial charge in [0, 0.05) is 11.1 Å². The average molecular weight is 447 g/mol. The van der Waals surface area contributed by atoms with Crippen LogP contribution in [0.15, 0.2) is 53.5 Å². The minimum absolute atomic E-state index is 0.257. The van der Waals surface area contributed by atoms with Gasteiger partial charge in [-0.15, -0.1) is 11.3 Å². The second kappa shape index (κ2) is 9.26. The quantitative estimate of drug-likeness (QED) is 0.388. The van der Waals surface area contributed by atoms with E-state index in [1.165, 1.54) is 22.6 Å². The number of fused-ring (bicyclic) bond motifs is 1. The molecule has 0 N–H and O–H groups in total. The van der Waals surface area contributed by atoms with E-state index in [4.69, 9.17) is 4.74 Å². The lowest BCUT2D eigenvalue weighted by molar-refractivity contribution is 0.218. The number of benzene rings is 2. The number of ether oxygens (including phenoxy) is 1. The third-order valence-electron chi connectivity index (χ3n) is 6.09. The molecule has 1 aromatic heterocycles. The van der Waals surface area contributed by atoms with Crippen molar-refractivity contribution in [3.05, 3.63) is 81.5 Å². The molecule has 0 unspecified atom stereocenters. The van der Waals surface area contributed by atoms with E-state index >= 15 is 0 Å². The largest absolute Gasteiger partial charge is 0.489 e. The smallest absolute Gasteiger partial charge is 0.134 e. The van der Waals surface area contributed by atoms with E-state index in [0.717, 1.165) is 46.7 Å². The van der Waals surface area contributed by atoms with Crippen LogP contribution in [0.2, 0.25) is 0 Å². The summed E-state index contributed by atoms with van der Waals surface area (Å²) in [5.41, 5.74) is 4.01. The van der Waals surface area contributed by atoms with Gasteiger partial charge in [-0.2, -0.15) is 5.26 Å². The van der Waals surface area contributed by atoms with Gasteiger partial charge in [-0.3, -0.25) is 0 Å². The van der Waals surface area contributed by atoms with Gasteiger partial charge in [0.25, 0.3) is 0 Å². The number of hydrogen-bond donors (Lipinski definition) is 0. The molecular formula is C27H27FN2OS. The molecule has 32 heavy (non-hydrogen) atoms. The van der Waals surface area contributed by atoms with Gasteiger partial charge in [0.15, 0.2) is 0 Å². The lowest BCUT2D eigenvalue weighted by Gasteiger charge is -2.33. The lowest BCUT2D eigenvalue weighted by atomic mass is 9.72. The van der Waals surface area contributed by atoms with Crippen molar-refractivity contribution in [1.29, 1.82) is 5.26 Å². The van der Waals surface area contributed by atoms with Gasteiger partial charge in [0.1, 0.15) is 29.2 Å². The average Bonchev–Trinajstić information content (AvgIpc) is 3.14. The number of thiophene rings is 1. The van der Waals surface area contributed by atoms with Crippen molar-refractivity contribution in [2.24, 2.45) is 16.3 Å². The van der Waals surface area contributed by atoms with E-state index in [2.05, 4.69) is 31.8 Å². The second-order valence-corrected chi connectivity index (χ2v) is 10.4. The fraction of sp³-hybridized carbons (Fsp3) is 0.333. The van der Waals surface area contributed by atoms with Crippen LogP contribution in [0.1, 0.15) is 54.3 Å². The molecule has 3 aromatic rings. The van der Waals surface area contributed by atoms with E-state index in [9.17, 15) is 9.65 Å². The molecule has 0 aliphatic heterocycles. The summed E-state index contributed by atoms with van der Waals surface area (Å²) in [6.07, 6.45) is 4.90. The fourth-order valence-corrected chi connectivity index (χ4v) is 5.30. The summed E-state index contributed by atoms with van der Waals surface area (Å²) in [5.74, 6) is 1.09. The molecule has 0 saturated carbocycles. The predicted molar refractivity (Wildman–Crippen MR) is 128 cm³/mol. The van der Waals surface area contributed by atoms with Crippen molar-refractivity contribution in [2.75, 3.05) is 0 Å². The summed E-state index contributed by atoms with van der Waals surface area (Å²) in [7, 11) is 0. The monoisotopic (exact) mass is 446 g/mol. The molecule has 0 amide bonds. The zero-order valence-electron chi connectivity index (χ0n) is 18.7. The Hall–Kier alpha value is -2.97. The number of halogens is 1. The highest BCUT2D eigenvalue weighted by Gasteiger charge is 2.32. The molecule has 1 heterocycles. The van der Waals surface area contributed by atoms with E-state index in [1.54, 1.807) is 29.7 Å². The van der Waals surface area contributed by atoms with Crippen LogP contribution in [0.3, 0.4) is 0 Å². The van der Waals surface area contributed by atoms with Crippen LogP contribution in [0.25, 0.3) is 0 Å². The Morgan fingerprint density at radius 2 is 2.00 bits per heavy atom. The Balaban J connectivity index is 1.49. The Morgan fingerprint density at radius 3 is 2.72 bits per heavy atom. The van der Waals surface area contributed by atoms with Gasteiger partial charge < -0.3 is 4.74 Å². The molecule has 0 saturated heterocycles. The number of aliphatic imine (C=N–C) groups is 1. The summed E-state index contributed by atoms with van der Waals surface area (Å²) in [4.78, 5) is 6.00. The standard InChI is InChI=1S/C27H27FN2OS/c1-27(2,3)20-9-12-23-24(15-29)26(32-25(23)14-20)30-16-19-5-4-6-22(13-19)31-17-18-7-10-21(28)11-8-18/h4-8,10-11,13,16,20H,9,12,14,17H2,1-3H3/t20-/m0/s1. The fourth-order valence-electron chi connectivity index (χ4n) is 4.08. The molecule has 0 bridgehead atoms. The van der Waals surface area contributed by atoms with Crippen molar-refractivity contribution in [1.82, 2.24) is 0 Å². The van der Waals surface area contributed by atoms with Crippen LogP contribution in [0, 0.1) is 28.5 Å². The first kappa shape index (κ1) is 22.2. The Bertz CT molecular complexity index is 1170. The highest BCUT2D eigenvalue weighted by molar-refractivity contribution is 7.16. The SMILES string of the molecule is CC(C)(C)[C@H]1CCc2c(sc(N=Cc3cccc(OCc4ccc(F)cc4)c3)c2C#N)C1. The molecule has 1 atom stereocenters. The Labute approximate surface area is 193 Å². The van der Waals surface area contributed by atoms with Gasteiger partial charge in [0.2, 0.25) is 0 Å². The normalized spacial score (nSPS) is 16.0. The van der Waals surface area contributed by atoms with Crippen molar-refractivity contribution in [2.45, 2.75) is 46.6 Å². The van der Waals surface area contributed by atoms with Gasteiger partial charge in [0.05, 0.1) is 5.56 Å². The molecule has 0 spiro atoms. The van der Waals surface area contributed by atoms with Crippen LogP contribution in [0.5, 0.6) is 5.75 Å². The lowest BCUT2D eigenvalue weighted by Crippen LogP contribution is -2.26. The van der Waals surface area contributed by atoms with Crippen LogP contribution in [-0.2, 0) is 19.4 Å². The zero-order valence-corrected chi connectivity index (χ0v) is 19.5. The topological polar surface area (TPSA) is 45.4 Å². The zero-order chi connectivity index (χ0) is 22.7. The molecule has 164 valence electrons. The summed E-state index contributed by atoms with van der Waals surface area (Å²) in [5, 5.41) is 10.6. The Kier molecular flexibility index (Phi) is 6.43. The first-order valence-electron chi connectivity index (χ1n) is 10.9. The van der Waals surface area contributed by atoms with Crippen molar-refractivity contribution in [3.63, 3.8) is 0 Å². The summed E-state index contributed by atoms with van der Waals surface area (Å²) < 4.78 is 18.9. The molecule has 0 radical (unpaired) electrons. The van der Waals surface area contributed by atoms with E-state index < -0.39 is 0 Å². The molecule has 1 aliphatic carbocycles. The molecular weight excluding hydrogens is 419 g/mol. The van der Waals surface area contributed by atoms with Crippen LogP contribution in [0.4, 0.5) is 9.39 Å². The Morgan fingerprint density at radius 1 is 1.22 bits per heavy atom. The van der Waals surface area contributed by atoms with E-state index in [0.29, 0.717) is 12.5 Å². The molecule has 0 fully saturated rings. The number of rotatable bonds is 5. The third-order valence-corrected chi connectivity index (χ3v) is 7.25. The van der Waals surface area contributed by atoms with Crippen molar-refractivity contribution in [3.8, 4) is 11.8 Å². The van der Waals surface area contributed by atoms with Crippen LogP contribution < -0.4 is 4.74 Å². The summed E-state index contributed by atoms with van der Waals surface area (Å²) >= 11 is 1.66. The highest BCUT2D eigenvalue weighted by atomic mass is 32.1. The summed E-state index contributed by atoms with van der Waals surface area (Å²) in [6.45, 7) is 7.26. The highest BCUT2D eigenvalue weighted by Crippen LogP contribution is 2.44. The summed E-state index contributed by atoms with van der Waals surface area (Å²) in [6, 6.07) is 16.4. The number of nitrogens with zero attached hydrogens (tertiary/aromatic N) is 2. The minimum atomic E-state index is -0.257. The van der Waals surface area contributed by atoms with Gasteiger partial charge in [-0.1, -0.05) is 45.0 Å². The maximum atomic E-state index is 13.1. The molecule has 3 nitrogen and oxygen atoms in total.